The van der Waals surface area contributed by atoms with E-state index < -0.39 is 34.6 Å². The maximum atomic E-state index is 11.8. The minimum Gasteiger partial charge on any atom is -0.481 e. The number of ether oxygens (including phenoxy) is 1. The Bertz CT molecular complexity index is 399. The van der Waals surface area contributed by atoms with Gasteiger partial charge in [-0.1, -0.05) is 20.8 Å². The molecule has 0 spiro atoms. The molecule has 0 aromatic heterocycles. The number of carbonyl (C=O) groups excluding carboxylic acids is 1. The predicted octanol–water partition coefficient (Wildman–Crippen LogP) is 1.72. The third-order valence-electron chi connectivity index (χ3n) is 3.23. The fourth-order valence-corrected chi connectivity index (χ4v) is 2.66. The van der Waals surface area contributed by atoms with E-state index in [9.17, 15) is 19.8 Å². The van der Waals surface area contributed by atoms with Crippen molar-refractivity contribution in [2.75, 3.05) is 13.1 Å². The number of rotatable bonds is 2. The number of β-amino-alcohol motifs (C(OH)–C–C–N with tert-alkyl or cyclic N) is 1. The van der Waals surface area contributed by atoms with Gasteiger partial charge in [-0.05, 0) is 26.2 Å². The number of aliphatic carboxylic acids is 1. The molecule has 0 aromatic rings. The summed E-state index contributed by atoms with van der Waals surface area (Å²) in [6.45, 7) is 10.5. The Kier molecular flexibility index (Phi) is 4.11. The summed E-state index contributed by atoms with van der Waals surface area (Å²) >= 11 is 0. The Morgan fingerprint density at radius 1 is 1.15 bits per heavy atom. The van der Waals surface area contributed by atoms with E-state index in [1.54, 1.807) is 41.5 Å². The normalized spacial score (nSPS) is 20.1. The van der Waals surface area contributed by atoms with Gasteiger partial charge in [0.25, 0.3) is 0 Å². The first-order valence-electron chi connectivity index (χ1n) is 6.69. The van der Waals surface area contributed by atoms with Crippen LogP contribution in [0.25, 0.3) is 0 Å². The third kappa shape index (κ3) is 3.62. The average molecular weight is 287 g/mol. The van der Waals surface area contributed by atoms with E-state index >= 15 is 0 Å². The summed E-state index contributed by atoms with van der Waals surface area (Å²) in [7, 11) is 0. The lowest BCUT2D eigenvalue weighted by atomic mass is 9.67. The number of aliphatic hydroxyl groups is 1. The van der Waals surface area contributed by atoms with Crippen molar-refractivity contribution in [1.29, 1.82) is 0 Å². The highest BCUT2D eigenvalue weighted by Gasteiger charge is 2.56. The second kappa shape index (κ2) is 4.91. The molecule has 116 valence electrons. The van der Waals surface area contributed by atoms with E-state index in [2.05, 4.69) is 0 Å². The minimum absolute atomic E-state index is 0.0177. The summed E-state index contributed by atoms with van der Waals surface area (Å²) < 4.78 is 5.19. The molecule has 1 unspecified atom stereocenters. The summed E-state index contributed by atoms with van der Waals surface area (Å²) in [6.07, 6.45) is -0.528. The van der Waals surface area contributed by atoms with Crippen LogP contribution in [0.1, 0.15) is 41.5 Å². The third-order valence-corrected chi connectivity index (χ3v) is 3.23. The lowest BCUT2D eigenvalue weighted by Gasteiger charge is -2.52. The van der Waals surface area contributed by atoms with Gasteiger partial charge in [-0.2, -0.15) is 0 Å². The number of carboxylic acids is 1. The van der Waals surface area contributed by atoms with Crippen molar-refractivity contribution in [1.82, 2.24) is 4.90 Å². The van der Waals surface area contributed by atoms with Gasteiger partial charge in [0.15, 0.2) is 0 Å². The number of carbonyl (C=O) groups is 2. The van der Waals surface area contributed by atoms with Gasteiger partial charge in [0.2, 0.25) is 0 Å². The van der Waals surface area contributed by atoms with Gasteiger partial charge < -0.3 is 19.8 Å². The number of carboxylic acid groups (broad SMARTS) is 1. The highest BCUT2D eigenvalue weighted by atomic mass is 16.6. The molecule has 0 aromatic carbocycles. The van der Waals surface area contributed by atoms with E-state index in [1.165, 1.54) is 4.90 Å². The molecule has 1 aliphatic heterocycles. The molecule has 2 N–H and O–H groups in total. The zero-order valence-corrected chi connectivity index (χ0v) is 13.1. The fourth-order valence-electron chi connectivity index (χ4n) is 2.66. The number of hydrogen-bond acceptors (Lipinski definition) is 4. The number of likely N-dealkylation sites (tertiary alicyclic amines) is 1. The molecule has 6 heteroatoms. The minimum atomic E-state index is -1.40. The van der Waals surface area contributed by atoms with Gasteiger partial charge in [-0.15, -0.1) is 0 Å². The quantitative estimate of drug-likeness (QED) is 0.807. The zero-order chi connectivity index (χ0) is 15.9. The smallest absolute Gasteiger partial charge is 0.410 e. The van der Waals surface area contributed by atoms with Crippen molar-refractivity contribution in [3.05, 3.63) is 0 Å². The highest BCUT2D eigenvalue weighted by molar-refractivity contribution is 5.75. The monoisotopic (exact) mass is 287 g/mol. The van der Waals surface area contributed by atoms with Gasteiger partial charge in [0.05, 0.1) is 19.0 Å². The largest absolute Gasteiger partial charge is 0.481 e. The maximum Gasteiger partial charge on any atom is 0.410 e. The lowest BCUT2D eigenvalue weighted by molar-refractivity contribution is -0.183. The van der Waals surface area contributed by atoms with Crippen LogP contribution in [0.4, 0.5) is 4.79 Å². The molecule has 6 nitrogen and oxygen atoms in total. The van der Waals surface area contributed by atoms with Gasteiger partial charge in [0, 0.05) is 0 Å². The summed E-state index contributed by atoms with van der Waals surface area (Å²) in [5.74, 6) is -1.99. The molecule has 1 heterocycles. The molecule has 1 fully saturated rings. The second-order valence-corrected chi connectivity index (χ2v) is 7.58. The molecule has 20 heavy (non-hydrogen) atoms. The van der Waals surface area contributed by atoms with Crippen LogP contribution in [-0.4, -0.2) is 51.5 Å². The SMILES string of the molecule is CC(C)(C)OC(=O)N1CC(O)(C(C(=O)O)C(C)(C)C)C1. The first-order chi connectivity index (χ1) is 8.76. The topological polar surface area (TPSA) is 87.1 Å². The van der Waals surface area contributed by atoms with Gasteiger partial charge in [-0.25, -0.2) is 4.79 Å². The fraction of sp³-hybridized carbons (Fsp3) is 0.857. The molecule has 1 rings (SSSR count). The summed E-state index contributed by atoms with van der Waals surface area (Å²) in [4.78, 5) is 24.5. The second-order valence-electron chi connectivity index (χ2n) is 7.58. The van der Waals surface area contributed by atoms with Crippen molar-refractivity contribution in [3.63, 3.8) is 0 Å². The van der Waals surface area contributed by atoms with Crippen LogP contribution in [0, 0.1) is 11.3 Å². The molecule has 1 aliphatic rings. The molecular formula is C14H25NO5. The van der Waals surface area contributed by atoms with Crippen molar-refractivity contribution >= 4 is 12.1 Å². The van der Waals surface area contributed by atoms with Crippen molar-refractivity contribution in [2.45, 2.75) is 52.7 Å². The molecule has 1 atom stereocenters. The number of hydrogen-bond donors (Lipinski definition) is 2. The van der Waals surface area contributed by atoms with Crippen LogP contribution < -0.4 is 0 Å². The van der Waals surface area contributed by atoms with Crippen LogP contribution >= 0.6 is 0 Å². The standard InChI is InChI=1S/C14H25NO5/c1-12(2,3)9(10(16)17)14(19)7-15(8-14)11(18)20-13(4,5)6/h9,19H,7-8H2,1-6H3,(H,16,17). The van der Waals surface area contributed by atoms with E-state index in [0.29, 0.717) is 0 Å². The molecule has 0 aliphatic carbocycles. The molecule has 0 radical (unpaired) electrons. The van der Waals surface area contributed by atoms with Crippen LogP contribution in [0.3, 0.4) is 0 Å². The van der Waals surface area contributed by atoms with Crippen LogP contribution in [0.2, 0.25) is 0 Å². The van der Waals surface area contributed by atoms with Crippen molar-refractivity contribution in [2.24, 2.45) is 11.3 Å². The van der Waals surface area contributed by atoms with E-state index in [4.69, 9.17) is 4.74 Å². The van der Waals surface area contributed by atoms with Gasteiger partial charge >= 0.3 is 12.1 Å². The van der Waals surface area contributed by atoms with E-state index in [-0.39, 0.29) is 13.1 Å². The van der Waals surface area contributed by atoms with Gasteiger partial charge in [0.1, 0.15) is 11.2 Å². The Hall–Kier alpha value is -1.30. The Morgan fingerprint density at radius 3 is 1.90 bits per heavy atom. The summed E-state index contributed by atoms with van der Waals surface area (Å²) in [5.41, 5.74) is -2.61. The van der Waals surface area contributed by atoms with E-state index in [1.807, 2.05) is 0 Å². The molecule has 0 bridgehead atoms. The summed E-state index contributed by atoms with van der Waals surface area (Å²) in [5, 5.41) is 19.8. The van der Waals surface area contributed by atoms with Crippen LogP contribution in [-0.2, 0) is 9.53 Å². The van der Waals surface area contributed by atoms with Crippen LogP contribution in [0.5, 0.6) is 0 Å². The molecule has 1 saturated heterocycles. The first kappa shape index (κ1) is 16.8. The van der Waals surface area contributed by atoms with Crippen LogP contribution in [0.15, 0.2) is 0 Å². The maximum absolute atomic E-state index is 11.8. The number of nitrogens with zero attached hydrogens (tertiary/aromatic N) is 1. The highest BCUT2D eigenvalue weighted by Crippen LogP contribution is 2.40. The lowest BCUT2D eigenvalue weighted by Crippen LogP contribution is -2.70. The van der Waals surface area contributed by atoms with Crippen molar-refractivity contribution in [3.8, 4) is 0 Å². The van der Waals surface area contributed by atoms with Gasteiger partial charge in [-0.3, -0.25) is 4.79 Å². The molecule has 0 saturated carbocycles. The summed E-state index contributed by atoms with van der Waals surface area (Å²) in [6, 6.07) is 0. The zero-order valence-electron chi connectivity index (χ0n) is 13.1. The number of amides is 1. The molecule has 1 amide bonds. The van der Waals surface area contributed by atoms with Crippen molar-refractivity contribution < 1.29 is 24.5 Å². The Labute approximate surface area is 119 Å². The average Bonchev–Trinajstić information content (AvgIpc) is 2.07. The van der Waals surface area contributed by atoms with E-state index in [0.717, 1.165) is 0 Å². The first-order valence-corrected chi connectivity index (χ1v) is 6.69. The Morgan fingerprint density at radius 2 is 1.60 bits per heavy atom. The molecular weight excluding hydrogens is 262 g/mol. The Balaban J connectivity index is 2.74. The predicted molar refractivity (Wildman–Crippen MR) is 73.3 cm³/mol.